The second kappa shape index (κ2) is 6.82. The molecule has 0 aromatic heterocycles. The molecule has 0 radical (unpaired) electrons. The molecule has 1 amide bonds. The third-order valence-corrected chi connectivity index (χ3v) is 4.42. The third kappa shape index (κ3) is 3.42. The van der Waals surface area contributed by atoms with Crippen molar-refractivity contribution >= 4 is 35.1 Å². The number of hydrogen-bond acceptors (Lipinski definition) is 6. The number of amidine groups is 1. The summed E-state index contributed by atoms with van der Waals surface area (Å²) in [6.45, 7) is 6.66. The van der Waals surface area contributed by atoms with E-state index in [-0.39, 0.29) is 18.2 Å². The normalized spacial score (nSPS) is 20.2. The van der Waals surface area contributed by atoms with Crippen LogP contribution in [0, 0.1) is 5.41 Å². The van der Waals surface area contributed by atoms with Crippen molar-refractivity contribution in [2.24, 2.45) is 26.1 Å². The molecule has 26 heavy (non-hydrogen) atoms. The number of benzene rings is 1. The average Bonchev–Trinajstić information content (AvgIpc) is 2.72. The van der Waals surface area contributed by atoms with E-state index in [0.29, 0.717) is 24.5 Å². The number of rotatable bonds is 3. The average molecular weight is 353 g/mol. The molecule has 2 aliphatic heterocycles. The van der Waals surface area contributed by atoms with Gasteiger partial charge in [-0.2, -0.15) is 0 Å². The Morgan fingerprint density at radius 1 is 1.27 bits per heavy atom. The van der Waals surface area contributed by atoms with Crippen molar-refractivity contribution in [1.29, 1.82) is 0 Å². The van der Waals surface area contributed by atoms with Crippen LogP contribution < -0.4 is 10.6 Å². The number of fused-ring (bicyclic) bond motifs is 1. The van der Waals surface area contributed by atoms with Gasteiger partial charge in [-0.15, -0.1) is 0 Å². The Morgan fingerprint density at radius 3 is 2.65 bits per heavy atom. The number of amides is 1. The Bertz CT molecular complexity index is 833. The highest BCUT2D eigenvalue weighted by Crippen LogP contribution is 2.33. The predicted molar refractivity (Wildman–Crippen MR) is 103 cm³/mol. The maximum atomic E-state index is 12.8. The number of carbonyl (C=O) groups is 2. The van der Waals surface area contributed by atoms with Gasteiger partial charge in [-0.25, -0.2) is 4.99 Å². The first-order valence-electron chi connectivity index (χ1n) is 8.60. The zero-order chi connectivity index (χ0) is 18.9. The van der Waals surface area contributed by atoms with Gasteiger partial charge in [0.1, 0.15) is 6.04 Å². The Balaban J connectivity index is 2.08. The number of Topliss-reactive ketones (excluding diaryl/α,β-unsaturated/α-hetero) is 1. The van der Waals surface area contributed by atoms with Gasteiger partial charge in [0.2, 0.25) is 0 Å². The smallest absolute Gasteiger partial charge is 0.293 e. The molecule has 0 fully saturated rings. The highest BCUT2D eigenvalue weighted by atomic mass is 16.2. The third-order valence-electron chi connectivity index (χ3n) is 4.42. The summed E-state index contributed by atoms with van der Waals surface area (Å²) >= 11 is 0. The van der Waals surface area contributed by atoms with E-state index in [4.69, 9.17) is 5.73 Å². The minimum absolute atomic E-state index is 0.0523. The molecular weight excluding hydrogens is 330 g/mol. The molecule has 0 aliphatic carbocycles. The number of aliphatic imine (C=N–C) groups is 3. The molecule has 2 heterocycles. The fraction of sp³-hybridized carbons (Fsp3) is 0.421. The van der Waals surface area contributed by atoms with Crippen LogP contribution in [0.2, 0.25) is 0 Å². The molecule has 3 rings (SSSR count). The van der Waals surface area contributed by atoms with E-state index in [1.165, 1.54) is 4.90 Å². The van der Waals surface area contributed by atoms with Crippen molar-refractivity contribution in [2.75, 3.05) is 24.5 Å². The molecule has 0 saturated heterocycles. The van der Waals surface area contributed by atoms with E-state index in [2.05, 4.69) is 15.0 Å². The van der Waals surface area contributed by atoms with Crippen LogP contribution in [0.4, 0.5) is 5.69 Å². The zero-order valence-electron chi connectivity index (χ0n) is 15.3. The molecule has 0 spiro atoms. The fourth-order valence-electron chi connectivity index (χ4n) is 2.83. The standard InChI is InChI=1S/C19H23N5O2/c1-19(2,3)15(25)11-24-14-7-5-4-6-12(14)16(23-17(20)18(24)26)13-10-21-8-9-22-13/h4-7,10,16H,8-9,11H2,1-3H3,(H2,20,23). The maximum Gasteiger partial charge on any atom is 0.293 e. The van der Waals surface area contributed by atoms with Crippen LogP contribution in [0.15, 0.2) is 39.2 Å². The highest BCUT2D eigenvalue weighted by Gasteiger charge is 2.34. The number of hydrogen-bond donors (Lipinski definition) is 1. The lowest BCUT2D eigenvalue weighted by molar-refractivity contribution is -0.126. The fourth-order valence-corrected chi connectivity index (χ4v) is 2.83. The van der Waals surface area contributed by atoms with Crippen LogP contribution in [-0.4, -0.2) is 49.1 Å². The Morgan fingerprint density at radius 2 is 2.00 bits per heavy atom. The van der Waals surface area contributed by atoms with Crippen LogP contribution in [-0.2, 0) is 9.59 Å². The first-order chi connectivity index (χ1) is 12.3. The van der Waals surface area contributed by atoms with Crippen LogP contribution in [0.1, 0.15) is 32.4 Å². The van der Waals surface area contributed by atoms with Crippen LogP contribution >= 0.6 is 0 Å². The van der Waals surface area contributed by atoms with E-state index in [0.717, 1.165) is 5.56 Å². The summed E-state index contributed by atoms with van der Waals surface area (Å²) in [5.41, 5.74) is 7.50. The number of ketones is 1. The van der Waals surface area contributed by atoms with Gasteiger partial charge < -0.3 is 5.73 Å². The van der Waals surface area contributed by atoms with Crippen molar-refractivity contribution in [3.63, 3.8) is 0 Å². The predicted octanol–water partition coefficient (Wildman–Crippen LogP) is 1.57. The van der Waals surface area contributed by atoms with E-state index >= 15 is 0 Å². The molecule has 1 unspecified atom stereocenters. The first-order valence-corrected chi connectivity index (χ1v) is 8.60. The molecule has 2 N–H and O–H groups in total. The first kappa shape index (κ1) is 18.0. The summed E-state index contributed by atoms with van der Waals surface area (Å²) in [6, 6.07) is 6.89. The number of anilines is 1. The summed E-state index contributed by atoms with van der Waals surface area (Å²) < 4.78 is 0. The molecule has 1 aromatic rings. The quantitative estimate of drug-likeness (QED) is 0.892. The molecule has 0 saturated carbocycles. The number of nitrogens with two attached hydrogens (primary N) is 1. The lowest BCUT2D eigenvalue weighted by Gasteiger charge is -2.26. The zero-order valence-corrected chi connectivity index (χ0v) is 15.3. The largest absolute Gasteiger partial charge is 0.379 e. The monoisotopic (exact) mass is 353 g/mol. The Labute approximate surface area is 152 Å². The van der Waals surface area contributed by atoms with Gasteiger partial charge in [-0.3, -0.25) is 24.5 Å². The topological polar surface area (TPSA) is 100 Å². The van der Waals surface area contributed by atoms with Gasteiger partial charge in [-0.1, -0.05) is 39.0 Å². The molecule has 1 aromatic carbocycles. The van der Waals surface area contributed by atoms with E-state index < -0.39 is 17.4 Å². The van der Waals surface area contributed by atoms with Gasteiger partial charge in [0.15, 0.2) is 11.6 Å². The van der Waals surface area contributed by atoms with Crippen LogP contribution in [0.3, 0.4) is 0 Å². The minimum atomic E-state index is -0.563. The van der Waals surface area contributed by atoms with Crippen LogP contribution in [0.25, 0.3) is 0 Å². The van der Waals surface area contributed by atoms with Gasteiger partial charge >= 0.3 is 0 Å². The SMILES string of the molecule is CC(C)(C)C(=O)CN1C(=O)C(N)=NC(C2=NCCN=C2)c2ccccc21. The summed E-state index contributed by atoms with van der Waals surface area (Å²) in [7, 11) is 0. The van der Waals surface area contributed by atoms with Crippen molar-refractivity contribution in [2.45, 2.75) is 26.8 Å². The number of nitrogens with zero attached hydrogens (tertiary/aromatic N) is 4. The minimum Gasteiger partial charge on any atom is -0.379 e. The molecular formula is C19H23N5O2. The van der Waals surface area contributed by atoms with Crippen molar-refractivity contribution in [1.82, 2.24) is 0 Å². The van der Waals surface area contributed by atoms with Crippen molar-refractivity contribution in [3.8, 4) is 0 Å². The maximum absolute atomic E-state index is 12.8. The second-order valence-electron chi connectivity index (χ2n) is 7.38. The van der Waals surface area contributed by atoms with Gasteiger partial charge in [0.25, 0.3) is 5.91 Å². The lowest BCUT2D eigenvalue weighted by Crippen LogP contribution is -2.45. The van der Waals surface area contributed by atoms with Gasteiger partial charge in [0, 0.05) is 17.2 Å². The van der Waals surface area contributed by atoms with E-state index in [1.807, 2.05) is 45.0 Å². The number of para-hydroxylation sites is 1. The lowest BCUT2D eigenvalue weighted by atomic mass is 9.90. The summed E-state index contributed by atoms with van der Waals surface area (Å²) in [4.78, 5) is 40.0. The second-order valence-corrected chi connectivity index (χ2v) is 7.38. The van der Waals surface area contributed by atoms with Crippen molar-refractivity contribution < 1.29 is 9.59 Å². The highest BCUT2D eigenvalue weighted by molar-refractivity contribution is 6.44. The molecule has 1 atom stereocenters. The molecule has 136 valence electrons. The van der Waals surface area contributed by atoms with E-state index in [1.54, 1.807) is 6.21 Å². The van der Waals surface area contributed by atoms with Gasteiger partial charge in [0.05, 0.1) is 31.0 Å². The van der Waals surface area contributed by atoms with Crippen molar-refractivity contribution in [3.05, 3.63) is 29.8 Å². The Hall–Kier alpha value is -2.83. The number of carbonyl (C=O) groups excluding carboxylic acids is 2. The molecule has 7 nitrogen and oxygen atoms in total. The van der Waals surface area contributed by atoms with E-state index in [9.17, 15) is 9.59 Å². The Kier molecular flexibility index (Phi) is 4.71. The molecule has 7 heteroatoms. The molecule has 0 bridgehead atoms. The van der Waals surface area contributed by atoms with Gasteiger partial charge in [-0.05, 0) is 6.07 Å². The molecule has 2 aliphatic rings. The summed E-state index contributed by atoms with van der Waals surface area (Å²) in [6.07, 6.45) is 1.68. The van der Waals surface area contributed by atoms with Crippen LogP contribution in [0.5, 0.6) is 0 Å². The summed E-state index contributed by atoms with van der Waals surface area (Å²) in [5, 5.41) is 0. The summed E-state index contributed by atoms with van der Waals surface area (Å²) in [5.74, 6) is -0.649.